The van der Waals surface area contributed by atoms with E-state index in [1.54, 1.807) is 0 Å². The first-order valence-corrected chi connectivity index (χ1v) is 5.70. The van der Waals surface area contributed by atoms with Crippen LogP contribution in [-0.4, -0.2) is 17.8 Å². The van der Waals surface area contributed by atoms with E-state index >= 15 is 0 Å². The van der Waals surface area contributed by atoms with Gasteiger partial charge in [-0.05, 0) is 37.7 Å². The predicted molar refractivity (Wildman–Crippen MR) is 65.5 cm³/mol. The topological polar surface area (TPSA) is 111 Å². The number of nitrogens with two attached hydrogens (primary N) is 2. The summed E-state index contributed by atoms with van der Waals surface area (Å²) in [6, 6.07) is -1.30. The number of hydrogen-bond acceptors (Lipinski definition) is 2. The summed E-state index contributed by atoms with van der Waals surface area (Å²) in [6.45, 7) is 1.89. The molecule has 0 aliphatic heterocycles. The molecule has 0 aromatic heterocycles. The first kappa shape index (κ1) is 13.2. The summed E-state index contributed by atoms with van der Waals surface area (Å²) >= 11 is 0. The van der Waals surface area contributed by atoms with Gasteiger partial charge in [-0.2, -0.15) is 4.99 Å². The van der Waals surface area contributed by atoms with Crippen molar-refractivity contribution in [2.24, 2.45) is 16.5 Å². The van der Waals surface area contributed by atoms with Crippen LogP contribution < -0.4 is 16.8 Å². The third kappa shape index (κ3) is 3.90. The van der Waals surface area contributed by atoms with Crippen molar-refractivity contribution in [1.82, 2.24) is 5.32 Å². The van der Waals surface area contributed by atoms with E-state index in [1.807, 2.05) is 6.92 Å². The number of nitrogens with zero attached hydrogens (tertiary/aromatic N) is 1. The fourth-order valence-electron chi connectivity index (χ4n) is 2.00. The van der Waals surface area contributed by atoms with Crippen LogP contribution in [0.1, 0.15) is 39.0 Å². The first-order valence-electron chi connectivity index (χ1n) is 5.70. The number of urea groups is 2. The van der Waals surface area contributed by atoms with Gasteiger partial charge in [0.15, 0.2) is 0 Å². The van der Waals surface area contributed by atoms with Gasteiger partial charge in [0.1, 0.15) is 0 Å². The number of aliphatic imine (C=N–C) groups is 1. The Labute approximate surface area is 100 Å². The molecule has 4 amide bonds. The minimum atomic E-state index is -0.710. The molecule has 0 radical (unpaired) electrons. The SMILES string of the molecule is CCC(=NC(N)=O)C1=C(NC(N)=O)CCCC1. The fourth-order valence-corrected chi connectivity index (χ4v) is 2.00. The normalized spacial score (nSPS) is 16.9. The van der Waals surface area contributed by atoms with Gasteiger partial charge in [0.2, 0.25) is 0 Å². The molecule has 0 saturated heterocycles. The summed E-state index contributed by atoms with van der Waals surface area (Å²) in [7, 11) is 0. The van der Waals surface area contributed by atoms with Crippen molar-refractivity contribution in [2.75, 3.05) is 0 Å². The van der Waals surface area contributed by atoms with Crippen LogP contribution in [0.3, 0.4) is 0 Å². The Morgan fingerprint density at radius 1 is 1.29 bits per heavy atom. The number of nitrogens with one attached hydrogen (secondary N) is 1. The molecule has 1 rings (SSSR count). The number of amides is 4. The van der Waals surface area contributed by atoms with Crippen LogP contribution in [0.4, 0.5) is 9.59 Å². The lowest BCUT2D eigenvalue weighted by Crippen LogP contribution is -2.31. The van der Waals surface area contributed by atoms with Crippen molar-refractivity contribution in [3.05, 3.63) is 11.3 Å². The summed E-state index contributed by atoms with van der Waals surface area (Å²) < 4.78 is 0. The molecule has 6 heteroatoms. The van der Waals surface area contributed by atoms with E-state index in [0.717, 1.165) is 37.0 Å². The molecule has 0 atom stereocenters. The molecular weight excluding hydrogens is 220 g/mol. The molecule has 0 bridgehead atoms. The van der Waals surface area contributed by atoms with Gasteiger partial charge < -0.3 is 16.8 Å². The van der Waals surface area contributed by atoms with E-state index in [1.165, 1.54) is 0 Å². The molecule has 6 nitrogen and oxygen atoms in total. The maximum Gasteiger partial charge on any atom is 0.338 e. The standard InChI is InChI=1S/C11H18N4O2/c1-2-8(14-10(12)16)7-5-3-4-6-9(7)15-11(13)17/h2-6H2,1H3,(H2,12,16)(H3,13,15,17). The molecule has 0 heterocycles. The molecular formula is C11H18N4O2. The van der Waals surface area contributed by atoms with Crippen LogP contribution in [0.2, 0.25) is 0 Å². The quantitative estimate of drug-likeness (QED) is 0.646. The molecule has 0 aromatic carbocycles. The highest BCUT2D eigenvalue weighted by Crippen LogP contribution is 2.25. The third-order valence-electron chi connectivity index (χ3n) is 2.67. The Balaban J connectivity index is 3.06. The summed E-state index contributed by atoms with van der Waals surface area (Å²) in [5.41, 5.74) is 12.5. The van der Waals surface area contributed by atoms with Gasteiger partial charge in [-0.25, -0.2) is 9.59 Å². The number of hydrogen-bond donors (Lipinski definition) is 3. The largest absolute Gasteiger partial charge is 0.351 e. The van der Waals surface area contributed by atoms with E-state index in [4.69, 9.17) is 11.5 Å². The molecule has 0 aromatic rings. The maximum absolute atomic E-state index is 10.9. The van der Waals surface area contributed by atoms with Crippen molar-refractivity contribution in [2.45, 2.75) is 39.0 Å². The molecule has 0 fully saturated rings. The highest BCUT2D eigenvalue weighted by atomic mass is 16.2. The van der Waals surface area contributed by atoms with E-state index in [0.29, 0.717) is 12.1 Å². The van der Waals surface area contributed by atoms with Gasteiger partial charge >= 0.3 is 12.1 Å². The molecule has 1 aliphatic carbocycles. The highest BCUT2D eigenvalue weighted by Gasteiger charge is 2.18. The second-order valence-corrected chi connectivity index (χ2v) is 3.90. The zero-order valence-electron chi connectivity index (χ0n) is 9.95. The molecule has 0 unspecified atom stereocenters. The Bertz CT molecular complexity index is 385. The second-order valence-electron chi connectivity index (χ2n) is 3.90. The smallest absolute Gasteiger partial charge is 0.338 e. The average Bonchev–Trinajstić information content (AvgIpc) is 2.26. The van der Waals surface area contributed by atoms with Gasteiger partial charge in [0, 0.05) is 5.70 Å². The lowest BCUT2D eigenvalue weighted by atomic mass is 9.92. The van der Waals surface area contributed by atoms with Crippen molar-refractivity contribution in [1.29, 1.82) is 0 Å². The number of allylic oxidation sites excluding steroid dienone is 2. The van der Waals surface area contributed by atoms with Crippen molar-refractivity contribution in [3.8, 4) is 0 Å². The van der Waals surface area contributed by atoms with Crippen LogP contribution in [-0.2, 0) is 0 Å². The zero-order valence-corrected chi connectivity index (χ0v) is 9.95. The van der Waals surface area contributed by atoms with E-state index in [9.17, 15) is 9.59 Å². The van der Waals surface area contributed by atoms with Crippen LogP contribution in [0.15, 0.2) is 16.3 Å². The first-order chi connectivity index (χ1) is 8.04. The Morgan fingerprint density at radius 2 is 1.94 bits per heavy atom. The number of rotatable bonds is 3. The Hall–Kier alpha value is -1.85. The molecule has 0 spiro atoms. The molecule has 17 heavy (non-hydrogen) atoms. The fraction of sp³-hybridized carbons (Fsp3) is 0.545. The molecule has 1 aliphatic rings. The summed E-state index contributed by atoms with van der Waals surface area (Å²) in [4.78, 5) is 25.5. The number of primary amides is 2. The van der Waals surface area contributed by atoms with E-state index < -0.39 is 12.1 Å². The van der Waals surface area contributed by atoms with Gasteiger partial charge in [-0.15, -0.1) is 0 Å². The maximum atomic E-state index is 10.9. The van der Waals surface area contributed by atoms with Crippen molar-refractivity contribution >= 4 is 17.8 Å². The monoisotopic (exact) mass is 238 g/mol. The number of carbonyl (C=O) groups excluding carboxylic acids is 2. The summed E-state index contributed by atoms with van der Waals surface area (Å²) in [5.74, 6) is 0. The van der Waals surface area contributed by atoms with E-state index in [-0.39, 0.29) is 0 Å². The van der Waals surface area contributed by atoms with E-state index in [2.05, 4.69) is 10.3 Å². The summed E-state index contributed by atoms with van der Waals surface area (Å²) in [5, 5.41) is 2.61. The predicted octanol–water partition coefficient (Wildman–Crippen LogP) is 1.41. The van der Waals surface area contributed by atoms with Gasteiger partial charge in [-0.3, -0.25) is 0 Å². The second kappa shape index (κ2) is 6.03. The molecule has 0 saturated carbocycles. The average molecular weight is 238 g/mol. The Morgan fingerprint density at radius 3 is 2.47 bits per heavy atom. The van der Waals surface area contributed by atoms with Gasteiger partial charge in [0.25, 0.3) is 0 Å². The van der Waals surface area contributed by atoms with Crippen LogP contribution in [0.5, 0.6) is 0 Å². The van der Waals surface area contributed by atoms with Crippen LogP contribution in [0, 0.1) is 0 Å². The van der Waals surface area contributed by atoms with Crippen molar-refractivity contribution < 1.29 is 9.59 Å². The molecule has 5 N–H and O–H groups in total. The Kier molecular flexibility index (Phi) is 4.68. The molecule has 94 valence electrons. The highest BCUT2D eigenvalue weighted by molar-refractivity contribution is 6.06. The van der Waals surface area contributed by atoms with Crippen LogP contribution >= 0.6 is 0 Å². The van der Waals surface area contributed by atoms with Gasteiger partial charge in [0.05, 0.1) is 5.71 Å². The minimum Gasteiger partial charge on any atom is -0.351 e. The van der Waals surface area contributed by atoms with Gasteiger partial charge in [-0.1, -0.05) is 6.92 Å². The number of carbonyl (C=O) groups is 2. The minimum absolute atomic E-state index is 0.589. The van der Waals surface area contributed by atoms with Crippen LogP contribution in [0.25, 0.3) is 0 Å². The van der Waals surface area contributed by atoms with Crippen molar-refractivity contribution in [3.63, 3.8) is 0 Å². The lowest BCUT2D eigenvalue weighted by Gasteiger charge is -2.21. The zero-order chi connectivity index (χ0) is 12.8. The third-order valence-corrected chi connectivity index (χ3v) is 2.67. The summed E-state index contributed by atoms with van der Waals surface area (Å²) in [6.07, 6.45) is 4.14. The lowest BCUT2D eigenvalue weighted by molar-refractivity contribution is 0.250.